The highest BCUT2D eigenvalue weighted by atomic mass is 35.5. The van der Waals surface area contributed by atoms with Crippen LogP contribution in [0, 0.1) is 13.8 Å². The first-order valence-electron chi connectivity index (χ1n) is 10.8. The van der Waals surface area contributed by atoms with E-state index in [2.05, 4.69) is 21.2 Å². The van der Waals surface area contributed by atoms with Crippen LogP contribution in [0.2, 0.25) is 5.02 Å². The molecule has 0 bridgehead atoms. The number of rotatable bonds is 8. The molecule has 3 amide bonds. The number of amides is 3. The summed E-state index contributed by atoms with van der Waals surface area (Å²) in [4.78, 5) is 36.3. The van der Waals surface area contributed by atoms with Gasteiger partial charge in [-0.15, -0.1) is 0 Å². The van der Waals surface area contributed by atoms with Crippen molar-refractivity contribution in [3.63, 3.8) is 0 Å². The molecule has 3 N–H and O–H groups in total. The highest BCUT2D eigenvalue weighted by molar-refractivity contribution is 6.35. The van der Waals surface area contributed by atoms with Gasteiger partial charge in [-0.25, -0.2) is 5.43 Å². The van der Waals surface area contributed by atoms with Gasteiger partial charge in [-0.2, -0.15) is 5.10 Å². The number of hydrazone groups is 1. The maximum Gasteiger partial charge on any atom is 0.329 e. The molecule has 0 atom stereocenters. The van der Waals surface area contributed by atoms with Crippen LogP contribution in [-0.2, 0) is 20.9 Å². The smallest absolute Gasteiger partial charge is 0.329 e. The Balaban J connectivity index is 1.55. The molecule has 9 heteroatoms. The van der Waals surface area contributed by atoms with Crippen molar-refractivity contribution in [1.82, 2.24) is 10.7 Å². The van der Waals surface area contributed by atoms with Crippen LogP contribution in [0.1, 0.15) is 22.3 Å². The summed E-state index contributed by atoms with van der Waals surface area (Å²) >= 11 is 6.06. The Kier molecular flexibility index (Phi) is 8.97. The van der Waals surface area contributed by atoms with Gasteiger partial charge in [0.15, 0.2) is 6.61 Å². The van der Waals surface area contributed by atoms with Crippen molar-refractivity contribution in [1.29, 1.82) is 0 Å². The lowest BCUT2D eigenvalue weighted by Gasteiger charge is -2.12. The zero-order valence-electron chi connectivity index (χ0n) is 19.3. The van der Waals surface area contributed by atoms with Crippen LogP contribution >= 0.6 is 11.6 Å². The van der Waals surface area contributed by atoms with E-state index in [1.54, 1.807) is 18.2 Å². The fourth-order valence-corrected chi connectivity index (χ4v) is 3.20. The molecule has 8 nitrogen and oxygen atoms in total. The SMILES string of the molecule is Cc1ccc(C)c(NC(=O)COc2ccc(Cl)cc2/C=N\NC(=O)C(=O)NCc2ccccc2)c1. The minimum Gasteiger partial charge on any atom is -0.483 e. The fraction of sp³-hybridized carbons (Fsp3) is 0.154. The number of benzene rings is 3. The number of halogens is 1. The molecule has 0 aliphatic carbocycles. The quantitative estimate of drug-likeness (QED) is 0.253. The zero-order valence-corrected chi connectivity index (χ0v) is 20.1. The number of carbonyl (C=O) groups is 3. The third kappa shape index (κ3) is 7.97. The lowest BCUT2D eigenvalue weighted by atomic mass is 10.1. The van der Waals surface area contributed by atoms with Crippen LogP contribution in [0.3, 0.4) is 0 Å². The van der Waals surface area contributed by atoms with E-state index in [0.717, 1.165) is 16.7 Å². The lowest BCUT2D eigenvalue weighted by Crippen LogP contribution is -2.37. The van der Waals surface area contributed by atoms with Crippen LogP contribution < -0.4 is 20.8 Å². The number of aryl methyl sites for hydroxylation is 2. The van der Waals surface area contributed by atoms with E-state index in [-0.39, 0.29) is 19.1 Å². The summed E-state index contributed by atoms with van der Waals surface area (Å²) in [6.07, 6.45) is 1.28. The Bertz CT molecular complexity index is 1250. The number of nitrogens with zero attached hydrogens (tertiary/aromatic N) is 1. The number of anilines is 1. The van der Waals surface area contributed by atoms with E-state index < -0.39 is 11.8 Å². The van der Waals surface area contributed by atoms with Gasteiger partial charge in [-0.05, 0) is 54.8 Å². The molecule has 0 saturated carbocycles. The highest BCUT2D eigenvalue weighted by Gasteiger charge is 2.13. The molecule has 3 aromatic rings. The van der Waals surface area contributed by atoms with E-state index >= 15 is 0 Å². The molecule has 0 fully saturated rings. The second kappa shape index (κ2) is 12.3. The number of hydrogen-bond donors (Lipinski definition) is 3. The fourth-order valence-electron chi connectivity index (χ4n) is 3.02. The van der Waals surface area contributed by atoms with Crippen LogP contribution in [0.4, 0.5) is 5.69 Å². The van der Waals surface area contributed by atoms with Crippen molar-refractivity contribution < 1.29 is 19.1 Å². The molecule has 0 aromatic heterocycles. The minimum atomic E-state index is -0.922. The zero-order chi connectivity index (χ0) is 25.2. The average molecular weight is 493 g/mol. The van der Waals surface area contributed by atoms with E-state index in [1.165, 1.54) is 6.21 Å². The second-order valence-corrected chi connectivity index (χ2v) is 8.14. The van der Waals surface area contributed by atoms with Crippen molar-refractivity contribution in [2.75, 3.05) is 11.9 Å². The molecule has 0 spiro atoms. The van der Waals surface area contributed by atoms with Crippen molar-refractivity contribution >= 4 is 41.2 Å². The Morgan fingerprint density at radius 1 is 0.971 bits per heavy atom. The third-order valence-corrected chi connectivity index (χ3v) is 5.10. The van der Waals surface area contributed by atoms with Gasteiger partial charge < -0.3 is 15.4 Å². The Hall–Kier alpha value is -4.17. The maximum absolute atomic E-state index is 12.4. The Morgan fingerprint density at radius 3 is 2.51 bits per heavy atom. The molecule has 3 aromatic carbocycles. The summed E-state index contributed by atoms with van der Waals surface area (Å²) in [5.41, 5.74) is 6.12. The summed E-state index contributed by atoms with van der Waals surface area (Å²) in [6.45, 7) is 3.81. The van der Waals surface area contributed by atoms with Crippen molar-refractivity contribution in [2.24, 2.45) is 5.10 Å². The molecule has 35 heavy (non-hydrogen) atoms. The van der Waals surface area contributed by atoms with E-state index in [0.29, 0.717) is 22.0 Å². The first kappa shape index (κ1) is 25.5. The Labute approximate surface area is 208 Å². The van der Waals surface area contributed by atoms with Crippen LogP contribution in [0.15, 0.2) is 71.8 Å². The monoisotopic (exact) mass is 492 g/mol. The number of nitrogens with one attached hydrogen (secondary N) is 3. The molecular formula is C26H25ClN4O4. The first-order valence-corrected chi connectivity index (χ1v) is 11.1. The predicted octanol–water partition coefficient (Wildman–Crippen LogP) is 3.74. The second-order valence-electron chi connectivity index (χ2n) is 7.70. The van der Waals surface area contributed by atoms with Gasteiger partial charge >= 0.3 is 11.8 Å². The third-order valence-electron chi connectivity index (χ3n) is 4.87. The molecule has 0 unspecified atom stereocenters. The first-order chi connectivity index (χ1) is 16.8. The Morgan fingerprint density at radius 2 is 1.74 bits per heavy atom. The minimum absolute atomic E-state index is 0.216. The van der Waals surface area contributed by atoms with E-state index in [4.69, 9.17) is 16.3 Å². The summed E-state index contributed by atoms with van der Waals surface area (Å²) in [5.74, 6) is -1.75. The van der Waals surface area contributed by atoms with Gasteiger partial charge in [0.1, 0.15) is 5.75 Å². The van der Waals surface area contributed by atoms with E-state index in [9.17, 15) is 14.4 Å². The van der Waals surface area contributed by atoms with Gasteiger partial charge in [0.25, 0.3) is 5.91 Å². The van der Waals surface area contributed by atoms with Gasteiger partial charge in [-0.3, -0.25) is 14.4 Å². The predicted molar refractivity (Wildman–Crippen MR) is 136 cm³/mol. The van der Waals surface area contributed by atoms with E-state index in [1.807, 2.05) is 62.4 Å². The topological polar surface area (TPSA) is 109 Å². The molecule has 3 rings (SSSR count). The van der Waals surface area contributed by atoms with Gasteiger partial charge in [0.2, 0.25) is 0 Å². The van der Waals surface area contributed by atoms with Crippen LogP contribution in [0.25, 0.3) is 0 Å². The standard InChI is InChI=1S/C26H25ClN4O4/c1-17-8-9-18(2)22(12-17)30-24(32)16-35-23-11-10-21(27)13-20(23)15-29-31-26(34)25(33)28-14-19-6-4-3-5-7-19/h3-13,15H,14,16H2,1-2H3,(H,28,33)(H,30,32)(H,31,34)/b29-15-. The summed E-state index contributed by atoms with van der Waals surface area (Å²) < 4.78 is 5.63. The van der Waals surface area contributed by atoms with Crippen LogP contribution in [0.5, 0.6) is 5.75 Å². The normalized spacial score (nSPS) is 10.6. The molecule has 0 aliphatic rings. The lowest BCUT2D eigenvalue weighted by molar-refractivity contribution is -0.139. The van der Waals surface area contributed by atoms with Gasteiger partial charge in [0, 0.05) is 22.8 Å². The van der Waals surface area contributed by atoms with Crippen molar-refractivity contribution in [2.45, 2.75) is 20.4 Å². The van der Waals surface area contributed by atoms with Gasteiger partial charge in [-0.1, -0.05) is 54.1 Å². The molecule has 180 valence electrons. The van der Waals surface area contributed by atoms with Crippen LogP contribution in [-0.4, -0.2) is 30.5 Å². The maximum atomic E-state index is 12.4. The molecular weight excluding hydrogens is 468 g/mol. The van der Waals surface area contributed by atoms with Gasteiger partial charge in [0.05, 0.1) is 6.21 Å². The molecule has 0 aliphatic heterocycles. The molecule has 0 heterocycles. The van der Waals surface area contributed by atoms with Crippen molar-refractivity contribution in [3.05, 3.63) is 94.0 Å². The number of hydrogen-bond acceptors (Lipinski definition) is 5. The summed E-state index contributed by atoms with van der Waals surface area (Å²) in [5, 5.41) is 9.55. The summed E-state index contributed by atoms with van der Waals surface area (Å²) in [6, 6.07) is 19.7. The van der Waals surface area contributed by atoms with Crippen molar-refractivity contribution in [3.8, 4) is 5.75 Å². The molecule has 0 saturated heterocycles. The average Bonchev–Trinajstić information content (AvgIpc) is 2.84. The number of carbonyl (C=O) groups excluding carboxylic acids is 3. The largest absolute Gasteiger partial charge is 0.483 e. The summed E-state index contributed by atoms with van der Waals surface area (Å²) in [7, 11) is 0. The molecule has 0 radical (unpaired) electrons. The highest BCUT2D eigenvalue weighted by Crippen LogP contribution is 2.22. The number of ether oxygens (including phenoxy) is 1.